The fourth-order valence-electron chi connectivity index (χ4n) is 0.779. The van der Waals surface area contributed by atoms with Crippen molar-refractivity contribution in [3.05, 3.63) is 35.4 Å². The Hall–Kier alpha value is -0.900. The molecule has 1 aromatic rings. The van der Waals surface area contributed by atoms with Gasteiger partial charge in [-0.2, -0.15) is 0 Å². The van der Waals surface area contributed by atoms with Crippen LogP contribution in [0.1, 0.15) is 11.1 Å². The fourth-order valence-corrected chi connectivity index (χ4v) is 0.779. The van der Waals surface area contributed by atoms with Crippen LogP contribution in [0.5, 0.6) is 0 Å². The maximum atomic E-state index is 7.86. The van der Waals surface area contributed by atoms with Gasteiger partial charge in [-0.3, -0.25) is 0 Å². The molecule has 11 heavy (non-hydrogen) atoms. The average Bonchev–Trinajstić information content (AvgIpc) is 2.04. The molecule has 3 heteroatoms. The molecular formula is C8H10O3. The van der Waals surface area contributed by atoms with Crippen molar-refractivity contribution < 1.29 is 15.2 Å². The van der Waals surface area contributed by atoms with E-state index in [0.717, 1.165) is 5.56 Å². The van der Waals surface area contributed by atoms with E-state index in [1.54, 1.807) is 0 Å². The maximum absolute atomic E-state index is 7.86. The lowest BCUT2D eigenvalue weighted by molar-refractivity contribution is -0.496. The molecule has 0 bridgehead atoms. The fraction of sp³-hybridized carbons (Fsp3) is 0.250. The molecule has 0 amide bonds. The maximum Gasteiger partial charge on any atom is 0.110 e. The number of hydrogen-bond acceptors (Lipinski definition) is 3. The molecule has 0 heterocycles. The molecule has 60 valence electrons. The summed E-state index contributed by atoms with van der Waals surface area (Å²) in [4.78, 5) is 4.31. The Morgan fingerprint density at radius 3 is 2.45 bits per heavy atom. The summed E-state index contributed by atoms with van der Waals surface area (Å²) in [6.07, 6.45) is 0. The second-order valence-electron chi connectivity index (χ2n) is 2.32. The smallest absolute Gasteiger partial charge is 0.110 e. The van der Waals surface area contributed by atoms with E-state index in [1.807, 2.05) is 31.2 Å². The van der Waals surface area contributed by atoms with Crippen molar-refractivity contribution in [1.82, 2.24) is 0 Å². The van der Waals surface area contributed by atoms with E-state index in [2.05, 4.69) is 9.93 Å². The summed E-state index contributed by atoms with van der Waals surface area (Å²) in [5.74, 6) is 0. The molecular weight excluding hydrogens is 144 g/mol. The van der Waals surface area contributed by atoms with Crippen molar-refractivity contribution in [2.24, 2.45) is 0 Å². The zero-order valence-corrected chi connectivity index (χ0v) is 6.28. The summed E-state index contributed by atoms with van der Waals surface area (Å²) >= 11 is 0. The zero-order chi connectivity index (χ0) is 8.10. The van der Waals surface area contributed by atoms with E-state index in [-0.39, 0.29) is 6.61 Å². The van der Waals surface area contributed by atoms with Crippen molar-refractivity contribution >= 4 is 0 Å². The van der Waals surface area contributed by atoms with Crippen molar-refractivity contribution in [3.63, 3.8) is 0 Å². The van der Waals surface area contributed by atoms with Gasteiger partial charge in [0.25, 0.3) is 0 Å². The first-order valence-corrected chi connectivity index (χ1v) is 3.31. The van der Waals surface area contributed by atoms with Gasteiger partial charge in [-0.15, -0.1) is 0 Å². The molecule has 0 aliphatic carbocycles. The predicted molar refractivity (Wildman–Crippen MR) is 39.7 cm³/mol. The molecule has 0 spiro atoms. The topological polar surface area (TPSA) is 38.7 Å². The molecule has 0 radical (unpaired) electrons. The number of benzene rings is 1. The van der Waals surface area contributed by atoms with Gasteiger partial charge in [-0.1, -0.05) is 34.9 Å². The summed E-state index contributed by atoms with van der Waals surface area (Å²) in [7, 11) is 0. The normalized spacial score (nSPS) is 10.0. The van der Waals surface area contributed by atoms with E-state index in [1.165, 1.54) is 5.56 Å². The predicted octanol–water partition coefficient (Wildman–Crippen LogP) is 1.92. The summed E-state index contributed by atoms with van der Waals surface area (Å²) in [6.45, 7) is 2.27. The second kappa shape index (κ2) is 4.08. The molecule has 1 N–H and O–H groups in total. The van der Waals surface area contributed by atoms with Crippen LogP contribution in [0.25, 0.3) is 0 Å². The Bertz CT molecular complexity index is 205. The van der Waals surface area contributed by atoms with Gasteiger partial charge < -0.3 is 0 Å². The third kappa shape index (κ3) is 2.67. The van der Waals surface area contributed by atoms with Crippen LogP contribution < -0.4 is 0 Å². The van der Waals surface area contributed by atoms with Crippen LogP contribution in [0, 0.1) is 6.92 Å². The Balaban J connectivity index is 2.52. The van der Waals surface area contributed by atoms with Gasteiger partial charge in [-0.05, 0) is 12.5 Å². The largest absolute Gasteiger partial charge is 0.221 e. The Labute approximate surface area is 65.0 Å². The quantitative estimate of drug-likeness (QED) is 0.534. The standard InChI is InChI=1S/C8H10O3/c1-7-2-4-8(5-3-7)6-10-11-9/h2-5,9H,6H2,1H3. The molecule has 0 unspecified atom stereocenters. The molecule has 0 aromatic heterocycles. The highest BCUT2D eigenvalue weighted by atomic mass is 17.5. The molecule has 1 aromatic carbocycles. The number of hydrogen-bond donors (Lipinski definition) is 1. The minimum Gasteiger partial charge on any atom is -0.221 e. The van der Waals surface area contributed by atoms with Gasteiger partial charge >= 0.3 is 0 Å². The zero-order valence-electron chi connectivity index (χ0n) is 6.28. The number of rotatable bonds is 3. The van der Waals surface area contributed by atoms with E-state index in [0.29, 0.717) is 0 Å². The first-order chi connectivity index (χ1) is 5.33. The van der Waals surface area contributed by atoms with Crippen molar-refractivity contribution in [2.45, 2.75) is 13.5 Å². The highest BCUT2D eigenvalue weighted by Gasteiger charge is 1.91. The number of aryl methyl sites for hydroxylation is 1. The van der Waals surface area contributed by atoms with Gasteiger partial charge in [-0.25, -0.2) is 10.1 Å². The highest BCUT2D eigenvalue weighted by molar-refractivity contribution is 5.20. The van der Waals surface area contributed by atoms with Gasteiger partial charge in [0.05, 0.1) is 0 Å². The lowest BCUT2D eigenvalue weighted by atomic mass is 10.2. The third-order valence-electron chi connectivity index (χ3n) is 1.40. The van der Waals surface area contributed by atoms with Crippen molar-refractivity contribution in [3.8, 4) is 0 Å². The first kappa shape index (κ1) is 8.20. The van der Waals surface area contributed by atoms with Crippen LogP contribution in [-0.2, 0) is 16.5 Å². The second-order valence-corrected chi connectivity index (χ2v) is 2.32. The highest BCUT2D eigenvalue weighted by Crippen LogP contribution is 2.03. The molecule has 0 fully saturated rings. The molecule has 0 aliphatic rings. The molecule has 0 aliphatic heterocycles. The summed E-state index contributed by atoms with van der Waals surface area (Å²) in [5.41, 5.74) is 2.16. The third-order valence-corrected chi connectivity index (χ3v) is 1.40. The van der Waals surface area contributed by atoms with Crippen LogP contribution in [0.3, 0.4) is 0 Å². The lowest BCUT2D eigenvalue weighted by Gasteiger charge is -1.98. The van der Waals surface area contributed by atoms with E-state index in [9.17, 15) is 0 Å². The van der Waals surface area contributed by atoms with E-state index >= 15 is 0 Å². The molecule has 3 nitrogen and oxygen atoms in total. The minimum atomic E-state index is 0.261. The van der Waals surface area contributed by atoms with Crippen LogP contribution in [0.4, 0.5) is 0 Å². The Morgan fingerprint density at radius 2 is 1.91 bits per heavy atom. The minimum absolute atomic E-state index is 0.261. The molecule has 1 rings (SSSR count). The van der Waals surface area contributed by atoms with Crippen LogP contribution in [-0.4, -0.2) is 5.26 Å². The van der Waals surface area contributed by atoms with E-state index < -0.39 is 0 Å². The van der Waals surface area contributed by atoms with E-state index in [4.69, 9.17) is 5.26 Å². The lowest BCUT2D eigenvalue weighted by Crippen LogP contribution is -1.90. The molecule has 0 saturated heterocycles. The average molecular weight is 154 g/mol. The van der Waals surface area contributed by atoms with Gasteiger partial charge in [0.15, 0.2) is 0 Å². The summed E-state index contributed by atoms with van der Waals surface area (Å²) in [6, 6.07) is 7.76. The van der Waals surface area contributed by atoms with Crippen molar-refractivity contribution in [2.75, 3.05) is 0 Å². The van der Waals surface area contributed by atoms with Gasteiger partial charge in [0, 0.05) is 0 Å². The first-order valence-electron chi connectivity index (χ1n) is 3.31. The molecule has 0 saturated carbocycles. The van der Waals surface area contributed by atoms with Crippen LogP contribution in [0.2, 0.25) is 0 Å². The Kier molecular flexibility index (Phi) is 3.04. The van der Waals surface area contributed by atoms with Gasteiger partial charge in [0.1, 0.15) is 6.61 Å². The molecule has 0 atom stereocenters. The van der Waals surface area contributed by atoms with Crippen LogP contribution in [0.15, 0.2) is 24.3 Å². The summed E-state index contributed by atoms with van der Waals surface area (Å²) < 4.78 is 0. The monoisotopic (exact) mass is 154 g/mol. The van der Waals surface area contributed by atoms with Gasteiger partial charge in [0.2, 0.25) is 0 Å². The van der Waals surface area contributed by atoms with Crippen LogP contribution >= 0.6 is 0 Å². The summed E-state index contributed by atoms with van der Waals surface area (Å²) in [5, 5.41) is 11.3. The van der Waals surface area contributed by atoms with Crippen molar-refractivity contribution in [1.29, 1.82) is 0 Å². The Morgan fingerprint density at radius 1 is 1.27 bits per heavy atom. The SMILES string of the molecule is Cc1ccc(COOO)cc1.